The van der Waals surface area contributed by atoms with Crippen LogP contribution in [-0.2, 0) is 0 Å². The second-order valence-electron chi connectivity index (χ2n) is 4.72. The molecule has 1 aromatic carbocycles. The maximum atomic E-state index is 6.42. The Morgan fingerprint density at radius 3 is 2.55 bits per heavy atom. The third kappa shape index (κ3) is 3.48. The number of hydrogen-bond acceptors (Lipinski definition) is 4. The molecule has 0 aliphatic carbocycles. The molecule has 0 fully saturated rings. The molecule has 1 atom stereocenters. The van der Waals surface area contributed by atoms with Crippen molar-refractivity contribution in [3.05, 3.63) is 30.3 Å². The normalized spacial score (nSPS) is 12.6. The summed E-state index contributed by atoms with van der Waals surface area (Å²) < 4.78 is 1.68. The van der Waals surface area contributed by atoms with Crippen molar-refractivity contribution in [2.45, 2.75) is 32.1 Å². The number of para-hydroxylation sites is 1. The molecular weight excluding hydrogens is 274 g/mol. The third-order valence-electron chi connectivity index (χ3n) is 3.49. The van der Waals surface area contributed by atoms with Crippen LogP contribution in [0.15, 0.2) is 30.3 Å². The van der Waals surface area contributed by atoms with E-state index in [4.69, 9.17) is 11.6 Å². The smallest absolute Gasteiger partial charge is 0.247 e. The van der Waals surface area contributed by atoms with Gasteiger partial charge in [-0.25, -0.2) is 0 Å². The minimum Gasteiger partial charge on any atom is -0.351 e. The number of tetrazole rings is 1. The molecule has 0 aliphatic rings. The van der Waals surface area contributed by atoms with Crippen molar-refractivity contribution in [3.8, 4) is 5.69 Å². The number of aromatic nitrogens is 4. The molecule has 0 saturated carbocycles. The molecule has 0 saturated heterocycles. The quantitative estimate of drug-likeness (QED) is 0.797. The molecule has 0 radical (unpaired) electrons. The van der Waals surface area contributed by atoms with Crippen molar-refractivity contribution in [3.63, 3.8) is 0 Å². The van der Waals surface area contributed by atoms with Crippen LogP contribution in [0.4, 0.5) is 5.95 Å². The summed E-state index contributed by atoms with van der Waals surface area (Å²) in [7, 11) is 0. The van der Waals surface area contributed by atoms with Crippen LogP contribution in [0.25, 0.3) is 5.69 Å². The SMILES string of the molecule is CCC(CC)C(Cl)CNc1nnnn1-c1ccccc1. The zero-order valence-corrected chi connectivity index (χ0v) is 12.6. The summed E-state index contributed by atoms with van der Waals surface area (Å²) in [5.74, 6) is 1.12. The Bertz CT molecular complexity index is 509. The lowest BCUT2D eigenvalue weighted by molar-refractivity contribution is 0.475. The number of hydrogen-bond donors (Lipinski definition) is 1. The highest BCUT2D eigenvalue weighted by atomic mass is 35.5. The standard InChI is InChI=1S/C14H20ClN5/c1-3-11(4-2)13(15)10-16-14-17-18-19-20(14)12-8-6-5-7-9-12/h5-9,11,13H,3-4,10H2,1-2H3,(H,16,17,19). The highest BCUT2D eigenvalue weighted by molar-refractivity contribution is 6.21. The number of nitrogens with zero attached hydrogens (tertiary/aromatic N) is 4. The maximum Gasteiger partial charge on any atom is 0.247 e. The maximum absolute atomic E-state index is 6.42. The first-order valence-corrected chi connectivity index (χ1v) is 7.41. The molecule has 108 valence electrons. The van der Waals surface area contributed by atoms with E-state index < -0.39 is 0 Å². The van der Waals surface area contributed by atoms with Gasteiger partial charge in [-0.2, -0.15) is 4.68 Å². The van der Waals surface area contributed by atoms with E-state index in [0.717, 1.165) is 18.5 Å². The molecule has 1 heterocycles. The van der Waals surface area contributed by atoms with Crippen LogP contribution >= 0.6 is 11.6 Å². The average Bonchev–Trinajstić information content (AvgIpc) is 2.95. The van der Waals surface area contributed by atoms with Gasteiger partial charge in [0.05, 0.1) is 11.1 Å². The second kappa shape index (κ2) is 7.24. The summed E-state index contributed by atoms with van der Waals surface area (Å²) in [5, 5.41) is 15.0. The fourth-order valence-electron chi connectivity index (χ4n) is 2.20. The zero-order valence-electron chi connectivity index (χ0n) is 11.8. The first kappa shape index (κ1) is 14.8. The Labute approximate surface area is 124 Å². The molecule has 0 bridgehead atoms. The van der Waals surface area contributed by atoms with Crippen LogP contribution in [0.2, 0.25) is 0 Å². The van der Waals surface area contributed by atoms with Crippen molar-refractivity contribution in [2.24, 2.45) is 5.92 Å². The molecule has 0 spiro atoms. The largest absolute Gasteiger partial charge is 0.351 e. The molecule has 6 heteroatoms. The Morgan fingerprint density at radius 2 is 1.90 bits per heavy atom. The summed E-state index contributed by atoms with van der Waals surface area (Å²) in [6, 6.07) is 9.79. The van der Waals surface area contributed by atoms with Gasteiger partial charge < -0.3 is 5.32 Å². The van der Waals surface area contributed by atoms with E-state index in [1.54, 1.807) is 4.68 Å². The molecule has 1 aromatic heterocycles. The first-order valence-electron chi connectivity index (χ1n) is 6.98. The van der Waals surface area contributed by atoms with Gasteiger partial charge in [0.1, 0.15) is 0 Å². The van der Waals surface area contributed by atoms with E-state index in [1.165, 1.54) is 0 Å². The van der Waals surface area contributed by atoms with Crippen LogP contribution in [-0.4, -0.2) is 32.1 Å². The van der Waals surface area contributed by atoms with Gasteiger partial charge in [0.15, 0.2) is 0 Å². The Morgan fingerprint density at radius 1 is 1.20 bits per heavy atom. The topological polar surface area (TPSA) is 55.6 Å². The molecule has 20 heavy (non-hydrogen) atoms. The van der Waals surface area contributed by atoms with Crippen LogP contribution in [0.3, 0.4) is 0 Å². The van der Waals surface area contributed by atoms with E-state index in [0.29, 0.717) is 18.4 Å². The number of rotatable bonds is 7. The highest BCUT2D eigenvalue weighted by Gasteiger charge is 2.17. The van der Waals surface area contributed by atoms with Crippen LogP contribution < -0.4 is 5.32 Å². The molecule has 0 amide bonds. The van der Waals surface area contributed by atoms with Gasteiger partial charge in [-0.1, -0.05) is 50.0 Å². The monoisotopic (exact) mass is 293 g/mol. The number of halogens is 1. The van der Waals surface area contributed by atoms with Crippen molar-refractivity contribution < 1.29 is 0 Å². The summed E-state index contributed by atoms with van der Waals surface area (Å²) >= 11 is 6.42. The highest BCUT2D eigenvalue weighted by Crippen LogP contribution is 2.19. The van der Waals surface area contributed by atoms with Gasteiger partial charge in [0.25, 0.3) is 0 Å². The van der Waals surface area contributed by atoms with Gasteiger partial charge in [-0.05, 0) is 28.5 Å². The number of alkyl halides is 1. The molecule has 1 unspecified atom stereocenters. The van der Waals surface area contributed by atoms with E-state index in [2.05, 4.69) is 34.7 Å². The summed E-state index contributed by atoms with van der Waals surface area (Å²) in [4.78, 5) is 0. The van der Waals surface area contributed by atoms with E-state index in [1.807, 2.05) is 30.3 Å². The third-order valence-corrected chi connectivity index (χ3v) is 4.00. The molecule has 1 N–H and O–H groups in total. The minimum absolute atomic E-state index is 0.0749. The summed E-state index contributed by atoms with van der Waals surface area (Å²) in [6.07, 6.45) is 2.16. The minimum atomic E-state index is 0.0749. The fraction of sp³-hybridized carbons (Fsp3) is 0.500. The second-order valence-corrected chi connectivity index (χ2v) is 5.28. The molecule has 2 rings (SSSR count). The van der Waals surface area contributed by atoms with Crippen LogP contribution in [0.5, 0.6) is 0 Å². The zero-order chi connectivity index (χ0) is 14.4. The predicted octanol–water partition coefficient (Wildman–Crippen LogP) is 3.12. The Hall–Kier alpha value is -1.62. The van der Waals surface area contributed by atoms with Gasteiger partial charge in [0, 0.05) is 6.54 Å². The summed E-state index contributed by atoms with van der Waals surface area (Å²) in [5.41, 5.74) is 0.925. The summed E-state index contributed by atoms with van der Waals surface area (Å²) in [6.45, 7) is 4.98. The van der Waals surface area contributed by atoms with E-state index in [-0.39, 0.29) is 5.38 Å². The number of nitrogens with one attached hydrogen (secondary N) is 1. The molecular formula is C14H20ClN5. The molecule has 0 aliphatic heterocycles. The molecule has 2 aromatic rings. The van der Waals surface area contributed by atoms with Crippen LogP contribution in [0, 0.1) is 5.92 Å². The number of benzene rings is 1. The lowest BCUT2D eigenvalue weighted by Crippen LogP contribution is -2.24. The van der Waals surface area contributed by atoms with Crippen LogP contribution in [0.1, 0.15) is 26.7 Å². The van der Waals surface area contributed by atoms with Crippen molar-refractivity contribution in [1.29, 1.82) is 0 Å². The van der Waals surface area contributed by atoms with Crippen molar-refractivity contribution in [1.82, 2.24) is 20.2 Å². The van der Waals surface area contributed by atoms with E-state index >= 15 is 0 Å². The van der Waals surface area contributed by atoms with Crippen molar-refractivity contribution in [2.75, 3.05) is 11.9 Å². The average molecular weight is 294 g/mol. The van der Waals surface area contributed by atoms with Gasteiger partial charge in [-0.3, -0.25) is 0 Å². The van der Waals surface area contributed by atoms with E-state index in [9.17, 15) is 0 Å². The first-order chi connectivity index (χ1) is 9.76. The predicted molar refractivity (Wildman–Crippen MR) is 81.4 cm³/mol. The Balaban J connectivity index is 2.03. The molecule has 5 nitrogen and oxygen atoms in total. The fourth-order valence-corrected chi connectivity index (χ4v) is 2.63. The van der Waals surface area contributed by atoms with Crippen molar-refractivity contribution >= 4 is 17.5 Å². The Kier molecular flexibility index (Phi) is 5.35. The lowest BCUT2D eigenvalue weighted by Gasteiger charge is -2.19. The lowest BCUT2D eigenvalue weighted by atomic mass is 9.99. The van der Waals surface area contributed by atoms with Gasteiger partial charge >= 0.3 is 0 Å². The number of anilines is 1. The van der Waals surface area contributed by atoms with Gasteiger partial charge in [-0.15, -0.1) is 11.6 Å². The van der Waals surface area contributed by atoms with Gasteiger partial charge in [0.2, 0.25) is 5.95 Å².